The second kappa shape index (κ2) is 7.21. The molecule has 0 aliphatic rings. The Hall–Kier alpha value is -3.16. The molecule has 8 heteroatoms. The van der Waals surface area contributed by atoms with Gasteiger partial charge in [0.1, 0.15) is 6.26 Å². The van der Waals surface area contributed by atoms with Crippen LogP contribution < -0.4 is 25.1 Å². The number of furan rings is 1. The maximum Gasteiger partial charge on any atom is 0.272 e. The van der Waals surface area contributed by atoms with E-state index in [1.54, 1.807) is 0 Å². The van der Waals surface area contributed by atoms with E-state index >= 15 is 0 Å². The Labute approximate surface area is 132 Å². The van der Waals surface area contributed by atoms with Gasteiger partial charge < -0.3 is 18.6 Å². The summed E-state index contributed by atoms with van der Waals surface area (Å²) in [6, 6.07) is 4.42. The monoisotopic (exact) mass is 320 g/mol. The van der Waals surface area contributed by atoms with E-state index in [4.69, 9.17) is 18.6 Å². The number of rotatable bonds is 5. The van der Waals surface area contributed by atoms with Crippen molar-refractivity contribution < 1.29 is 28.2 Å². The first-order valence-corrected chi connectivity index (χ1v) is 6.53. The summed E-state index contributed by atoms with van der Waals surface area (Å²) in [5, 5.41) is 0. The van der Waals surface area contributed by atoms with E-state index < -0.39 is 11.8 Å². The SMILES string of the molecule is COc1cc(C(=O)NNC(=O)c2ccoc2)cc(OC)c1OC. The van der Waals surface area contributed by atoms with E-state index in [1.807, 2.05) is 0 Å². The lowest BCUT2D eigenvalue weighted by Crippen LogP contribution is -2.41. The second-order valence-electron chi connectivity index (χ2n) is 4.33. The van der Waals surface area contributed by atoms with Crippen LogP contribution in [0.5, 0.6) is 17.2 Å². The highest BCUT2D eigenvalue weighted by atomic mass is 16.5. The van der Waals surface area contributed by atoms with Crippen molar-refractivity contribution in [1.82, 2.24) is 10.9 Å². The van der Waals surface area contributed by atoms with Crippen LogP contribution in [0, 0.1) is 0 Å². The maximum atomic E-state index is 12.2. The van der Waals surface area contributed by atoms with Gasteiger partial charge in [-0.1, -0.05) is 0 Å². The molecule has 2 rings (SSSR count). The summed E-state index contributed by atoms with van der Waals surface area (Å²) >= 11 is 0. The second-order valence-corrected chi connectivity index (χ2v) is 4.33. The maximum absolute atomic E-state index is 12.2. The summed E-state index contributed by atoms with van der Waals surface area (Å²) in [6.07, 6.45) is 2.62. The molecule has 23 heavy (non-hydrogen) atoms. The summed E-state index contributed by atoms with van der Waals surface area (Å²) in [4.78, 5) is 23.9. The zero-order valence-electron chi connectivity index (χ0n) is 12.8. The highest BCUT2D eigenvalue weighted by Gasteiger charge is 2.17. The van der Waals surface area contributed by atoms with Crippen LogP contribution in [0.4, 0.5) is 0 Å². The van der Waals surface area contributed by atoms with Gasteiger partial charge in [-0.2, -0.15) is 0 Å². The molecule has 1 aromatic heterocycles. The molecule has 122 valence electrons. The van der Waals surface area contributed by atoms with Crippen LogP contribution >= 0.6 is 0 Å². The largest absolute Gasteiger partial charge is 0.493 e. The summed E-state index contributed by atoms with van der Waals surface area (Å²) < 4.78 is 20.3. The fourth-order valence-electron chi connectivity index (χ4n) is 1.86. The first-order chi connectivity index (χ1) is 11.1. The third-order valence-corrected chi connectivity index (χ3v) is 3.00. The van der Waals surface area contributed by atoms with Gasteiger partial charge in [0.15, 0.2) is 11.5 Å². The number of hydrogen-bond acceptors (Lipinski definition) is 6. The predicted molar refractivity (Wildman–Crippen MR) is 79.7 cm³/mol. The van der Waals surface area contributed by atoms with Crippen molar-refractivity contribution in [2.24, 2.45) is 0 Å². The summed E-state index contributed by atoms with van der Waals surface area (Å²) in [7, 11) is 4.35. The Balaban J connectivity index is 2.14. The summed E-state index contributed by atoms with van der Waals surface area (Å²) in [5.74, 6) is -0.00838. The molecule has 2 aromatic rings. The number of ether oxygens (including phenoxy) is 3. The van der Waals surface area contributed by atoms with Gasteiger partial charge in [-0.05, 0) is 18.2 Å². The Bertz CT molecular complexity index is 671. The molecule has 2 N–H and O–H groups in total. The van der Waals surface area contributed by atoms with Crippen molar-refractivity contribution in [1.29, 1.82) is 0 Å². The molecule has 0 saturated heterocycles. The molecule has 0 aliphatic carbocycles. The van der Waals surface area contributed by atoms with E-state index in [2.05, 4.69) is 10.9 Å². The molecular weight excluding hydrogens is 304 g/mol. The Morgan fingerprint density at radius 1 is 0.913 bits per heavy atom. The molecule has 1 heterocycles. The smallest absolute Gasteiger partial charge is 0.272 e. The number of methoxy groups -OCH3 is 3. The number of hydrogen-bond donors (Lipinski definition) is 2. The lowest BCUT2D eigenvalue weighted by molar-refractivity contribution is 0.0846. The van der Waals surface area contributed by atoms with Crippen LogP contribution in [0.15, 0.2) is 35.1 Å². The molecule has 0 spiro atoms. The lowest BCUT2D eigenvalue weighted by atomic mass is 10.1. The van der Waals surface area contributed by atoms with Gasteiger partial charge in [0.2, 0.25) is 5.75 Å². The third kappa shape index (κ3) is 3.54. The molecule has 0 atom stereocenters. The van der Waals surface area contributed by atoms with E-state index in [1.165, 1.54) is 52.1 Å². The average molecular weight is 320 g/mol. The van der Waals surface area contributed by atoms with Gasteiger partial charge in [0, 0.05) is 5.56 Å². The van der Waals surface area contributed by atoms with Crippen LogP contribution in [-0.2, 0) is 0 Å². The number of nitrogens with one attached hydrogen (secondary N) is 2. The average Bonchev–Trinajstić information content (AvgIpc) is 3.12. The van der Waals surface area contributed by atoms with E-state index in [9.17, 15) is 9.59 Å². The van der Waals surface area contributed by atoms with Gasteiger partial charge in [0.25, 0.3) is 11.8 Å². The number of benzene rings is 1. The Morgan fingerprint density at radius 3 is 1.91 bits per heavy atom. The Morgan fingerprint density at radius 2 is 1.48 bits per heavy atom. The first-order valence-electron chi connectivity index (χ1n) is 6.53. The van der Waals surface area contributed by atoms with Gasteiger partial charge in [-0.25, -0.2) is 0 Å². The minimum atomic E-state index is -0.541. The molecule has 0 saturated carbocycles. The number of carbonyl (C=O) groups is 2. The summed E-state index contributed by atoms with van der Waals surface area (Å²) in [5.41, 5.74) is 5.09. The van der Waals surface area contributed by atoms with Crippen molar-refractivity contribution in [2.45, 2.75) is 0 Å². The van der Waals surface area contributed by atoms with Crippen LogP contribution in [0.3, 0.4) is 0 Å². The van der Waals surface area contributed by atoms with Crippen LogP contribution in [0.25, 0.3) is 0 Å². The minimum Gasteiger partial charge on any atom is -0.493 e. The van der Waals surface area contributed by atoms with Gasteiger partial charge in [-0.3, -0.25) is 20.4 Å². The van der Waals surface area contributed by atoms with Gasteiger partial charge >= 0.3 is 0 Å². The van der Waals surface area contributed by atoms with Crippen LogP contribution in [0.2, 0.25) is 0 Å². The van der Waals surface area contributed by atoms with E-state index in [-0.39, 0.29) is 11.1 Å². The molecule has 0 bridgehead atoms. The molecule has 8 nitrogen and oxygen atoms in total. The zero-order chi connectivity index (χ0) is 16.8. The molecule has 0 unspecified atom stereocenters. The van der Waals surface area contributed by atoms with Crippen molar-refractivity contribution in [3.8, 4) is 17.2 Å². The lowest BCUT2D eigenvalue weighted by Gasteiger charge is -2.14. The highest BCUT2D eigenvalue weighted by molar-refractivity contribution is 5.99. The minimum absolute atomic E-state index is 0.229. The van der Waals surface area contributed by atoms with Crippen LogP contribution in [0.1, 0.15) is 20.7 Å². The third-order valence-electron chi connectivity index (χ3n) is 3.00. The van der Waals surface area contributed by atoms with Crippen molar-refractivity contribution in [3.05, 3.63) is 41.9 Å². The van der Waals surface area contributed by atoms with Crippen LogP contribution in [-0.4, -0.2) is 33.1 Å². The molecular formula is C15H16N2O6. The highest BCUT2D eigenvalue weighted by Crippen LogP contribution is 2.38. The molecule has 0 fully saturated rings. The summed E-state index contributed by atoms with van der Waals surface area (Å²) in [6.45, 7) is 0. The van der Waals surface area contributed by atoms with Crippen molar-refractivity contribution >= 4 is 11.8 Å². The fourth-order valence-corrected chi connectivity index (χ4v) is 1.86. The molecule has 0 radical (unpaired) electrons. The molecule has 2 amide bonds. The standard InChI is InChI=1S/C15H16N2O6/c1-20-11-6-10(7-12(21-2)13(11)22-3)15(19)17-16-14(18)9-4-5-23-8-9/h4-8H,1-3H3,(H,16,18)(H,17,19). The quantitative estimate of drug-likeness (QED) is 0.808. The Kier molecular flexibility index (Phi) is 5.08. The molecule has 0 aliphatic heterocycles. The molecule has 1 aromatic carbocycles. The van der Waals surface area contributed by atoms with E-state index in [0.717, 1.165) is 0 Å². The predicted octanol–water partition coefficient (Wildman–Crippen LogP) is 1.38. The van der Waals surface area contributed by atoms with Gasteiger partial charge in [0.05, 0.1) is 33.2 Å². The normalized spacial score (nSPS) is 9.87. The number of hydrazine groups is 1. The zero-order valence-corrected chi connectivity index (χ0v) is 12.8. The fraction of sp³-hybridized carbons (Fsp3) is 0.200. The van der Waals surface area contributed by atoms with Gasteiger partial charge in [-0.15, -0.1) is 0 Å². The van der Waals surface area contributed by atoms with Crippen molar-refractivity contribution in [3.63, 3.8) is 0 Å². The number of carbonyl (C=O) groups excluding carboxylic acids is 2. The van der Waals surface area contributed by atoms with E-state index in [0.29, 0.717) is 17.2 Å². The topological polar surface area (TPSA) is 99.0 Å². The first kappa shape index (κ1) is 16.2. The number of amides is 2. The van der Waals surface area contributed by atoms with Crippen molar-refractivity contribution in [2.75, 3.05) is 21.3 Å².